The number of carbonyl (C=O) groups excluding carboxylic acids is 2. The van der Waals surface area contributed by atoms with E-state index in [9.17, 15) is 9.59 Å². The zero-order valence-corrected chi connectivity index (χ0v) is 15.1. The van der Waals surface area contributed by atoms with E-state index in [0.29, 0.717) is 17.2 Å². The minimum atomic E-state index is -0.593. The predicted octanol–water partition coefficient (Wildman–Crippen LogP) is 1.77. The molecule has 0 spiro atoms. The third-order valence-electron chi connectivity index (χ3n) is 4.30. The van der Waals surface area contributed by atoms with Gasteiger partial charge in [0.15, 0.2) is 6.10 Å². The number of ether oxygens (including phenoxy) is 2. The molecule has 9 nitrogen and oxygen atoms in total. The molecule has 0 aliphatic carbocycles. The first-order chi connectivity index (χ1) is 13.6. The van der Waals surface area contributed by atoms with E-state index in [0.717, 1.165) is 5.69 Å². The number of hydrogen-bond donors (Lipinski definition) is 0. The highest BCUT2D eigenvalue weighted by molar-refractivity contribution is 6.00. The van der Waals surface area contributed by atoms with Crippen LogP contribution in [0.15, 0.2) is 54.9 Å². The highest BCUT2D eigenvalue weighted by Gasteiger charge is 2.31. The number of benzene rings is 2. The molecule has 4 rings (SSSR count). The molecule has 0 radical (unpaired) electrons. The summed E-state index contributed by atoms with van der Waals surface area (Å²) in [5, 5.41) is 10.9. The van der Waals surface area contributed by atoms with Gasteiger partial charge < -0.3 is 14.4 Å². The number of tetrazole rings is 1. The summed E-state index contributed by atoms with van der Waals surface area (Å²) in [5.74, 6) is 0.418. The van der Waals surface area contributed by atoms with Gasteiger partial charge in [0.1, 0.15) is 17.8 Å². The van der Waals surface area contributed by atoms with Crippen LogP contribution in [-0.2, 0) is 9.59 Å². The van der Waals surface area contributed by atoms with Crippen LogP contribution in [-0.4, -0.2) is 44.7 Å². The Bertz CT molecular complexity index is 988. The molecule has 1 amide bonds. The third-order valence-corrected chi connectivity index (χ3v) is 4.30. The summed E-state index contributed by atoms with van der Waals surface area (Å²) in [6.45, 7) is 1.90. The minimum absolute atomic E-state index is 0.0571. The summed E-state index contributed by atoms with van der Waals surface area (Å²) < 4.78 is 12.4. The Kier molecular flexibility index (Phi) is 4.71. The molecule has 28 heavy (non-hydrogen) atoms. The van der Waals surface area contributed by atoms with Gasteiger partial charge >= 0.3 is 5.97 Å². The Morgan fingerprint density at radius 3 is 2.71 bits per heavy atom. The van der Waals surface area contributed by atoms with Crippen molar-refractivity contribution in [2.24, 2.45) is 0 Å². The maximum atomic E-state index is 12.4. The van der Waals surface area contributed by atoms with Crippen molar-refractivity contribution in [1.29, 1.82) is 0 Å². The van der Waals surface area contributed by atoms with Crippen molar-refractivity contribution in [3.8, 4) is 17.2 Å². The normalized spacial score (nSPS) is 15.7. The van der Waals surface area contributed by atoms with Crippen molar-refractivity contribution in [3.05, 3.63) is 54.9 Å². The molecular formula is C19H17N5O4. The van der Waals surface area contributed by atoms with E-state index in [4.69, 9.17) is 9.47 Å². The van der Waals surface area contributed by atoms with Crippen LogP contribution in [0, 0.1) is 0 Å². The van der Waals surface area contributed by atoms with Crippen LogP contribution in [0.2, 0.25) is 0 Å². The SMILES string of the molecule is CC1Oc2ccccc2N(CCC(=O)Oc2ccc(-n3cnnn3)cc2)C1=O. The van der Waals surface area contributed by atoms with Gasteiger partial charge in [-0.15, -0.1) is 5.10 Å². The number of hydrogen-bond acceptors (Lipinski definition) is 7. The van der Waals surface area contributed by atoms with E-state index in [-0.39, 0.29) is 18.9 Å². The van der Waals surface area contributed by atoms with E-state index >= 15 is 0 Å². The van der Waals surface area contributed by atoms with Crippen LogP contribution >= 0.6 is 0 Å². The van der Waals surface area contributed by atoms with Crippen molar-refractivity contribution < 1.29 is 19.1 Å². The summed E-state index contributed by atoms with van der Waals surface area (Å²) in [7, 11) is 0. The maximum absolute atomic E-state index is 12.4. The Labute approximate surface area is 160 Å². The molecule has 9 heteroatoms. The smallest absolute Gasteiger partial charge is 0.312 e. The number of esters is 1. The fourth-order valence-electron chi connectivity index (χ4n) is 2.92. The summed E-state index contributed by atoms with van der Waals surface area (Å²) in [6, 6.07) is 14.1. The first kappa shape index (κ1) is 17.7. The van der Waals surface area contributed by atoms with Gasteiger partial charge in [-0.25, -0.2) is 4.68 Å². The van der Waals surface area contributed by atoms with E-state index in [2.05, 4.69) is 15.5 Å². The third kappa shape index (κ3) is 3.54. The summed E-state index contributed by atoms with van der Waals surface area (Å²) in [5.41, 5.74) is 1.40. The lowest BCUT2D eigenvalue weighted by molar-refractivity contribution is -0.134. The molecule has 0 N–H and O–H groups in total. The quantitative estimate of drug-likeness (QED) is 0.492. The average Bonchev–Trinajstić information content (AvgIpc) is 3.24. The van der Waals surface area contributed by atoms with Crippen LogP contribution in [0.25, 0.3) is 5.69 Å². The first-order valence-electron chi connectivity index (χ1n) is 8.73. The summed E-state index contributed by atoms with van der Waals surface area (Å²) >= 11 is 0. The van der Waals surface area contributed by atoms with Gasteiger partial charge in [0.05, 0.1) is 17.8 Å². The first-order valence-corrected chi connectivity index (χ1v) is 8.73. The number of aromatic nitrogens is 4. The second kappa shape index (κ2) is 7.47. The Morgan fingerprint density at radius 1 is 1.18 bits per heavy atom. The molecule has 1 aliphatic rings. The highest BCUT2D eigenvalue weighted by atomic mass is 16.5. The maximum Gasteiger partial charge on any atom is 0.312 e. The highest BCUT2D eigenvalue weighted by Crippen LogP contribution is 2.33. The fourth-order valence-corrected chi connectivity index (χ4v) is 2.92. The van der Waals surface area contributed by atoms with Crippen molar-refractivity contribution in [1.82, 2.24) is 20.2 Å². The number of carbonyl (C=O) groups is 2. The van der Waals surface area contributed by atoms with E-state index < -0.39 is 12.1 Å². The van der Waals surface area contributed by atoms with Gasteiger partial charge in [-0.2, -0.15) is 0 Å². The van der Waals surface area contributed by atoms with Crippen LogP contribution < -0.4 is 14.4 Å². The van der Waals surface area contributed by atoms with Crippen LogP contribution in [0.4, 0.5) is 5.69 Å². The lowest BCUT2D eigenvalue weighted by atomic mass is 10.2. The largest absolute Gasteiger partial charge is 0.479 e. The van der Waals surface area contributed by atoms with Gasteiger partial charge in [-0.1, -0.05) is 12.1 Å². The second-order valence-corrected chi connectivity index (χ2v) is 6.19. The Morgan fingerprint density at radius 2 is 1.96 bits per heavy atom. The fraction of sp³-hybridized carbons (Fsp3) is 0.211. The molecule has 3 aromatic rings. The molecule has 1 unspecified atom stereocenters. The number of para-hydroxylation sites is 2. The summed E-state index contributed by atoms with van der Waals surface area (Å²) in [6.07, 6.45) is 0.936. The van der Waals surface area contributed by atoms with E-state index in [1.807, 2.05) is 12.1 Å². The molecule has 1 atom stereocenters. The van der Waals surface area contributed by atoms with Crippen molar-refractivity contribution in [2.45, 2.75) is 19.4 Å². The molecular weight excluding hydrogens is 362 g/mol. The molecule has 0 bridgehead atoms. The molecule has 2 aromatic carbocycles. The van der Waals surface area contributed by atoms with Gasteiger partial charge in [-0.3, -0.25) is 9.59 Å². The number of rotatable bonds is 5. The van der Waals surface area contributed by atoms with E-state index in [1.54, 1.807) is 48.2 Å². The zero-order valence-electron chi connectivity index (χ0n) is 15.1. The van der Waals surface area contributed by atoms with Gasteiger partial charge in [0.25, 0.3) is 5.91 Å². The van der Waals surface area contributed by atoms with Crippen LogP contribution in [0.5, 0.6) is 11.5 Å². The molecule has 1 aromatic heterocycles. The number of fused-ring (bicyclic) bond motifs is 1. The van der Waals surface area contributed by atoms with E-state index in [1.165, 1.54) is 11.0 Å². The topological polar surface area (TPSA) is 99.4 Å². The summed E-state index contributed by atoms with van der Waals surface area (Å²) in [4.78, 5) is 26.2. The number of amides is 1. The molecule has 2 heterocycles. The molecule has 142 valence electrons. The van der Waals surface area contributed by atoms with Crippen molar-refractivity contribution >= 4 is 17.6 Å². The number of nitrogens with zero attached hydrogens (tertiary/aromatic N) is 5. The van der Waals surface area contributed by atoms with Gasteiger partial charge in [0, 0.05) is 6.54 Å². The van der Waals surface area contributed by atoms with Crippen molar-refractivity contribution in [3.63, 3.8) is 0 Å². The number of anilines is 1. The average molecular weight is 379 g/mol. The standard InChI is InChI=1S/C19H17N5O4/c1-13-19(26)23(16-4-2-3-5-17(16)27-13)11-10-18(25)28-15-8-6-14(7-9-15)24-12-20-21-22-24/h2-9,12-13H,10-11H2,1H3. The van der Waals surface area contributed by atoms with Gasteiger partial charge in [0.2, 0.25) is 0 Å². The monoisotopic (exact) mass is 379 g/mol. The van der Waals surface area contributed by atoms with Crippen molar-refractivity contribution in [2.75, 3.05) is 11.4 Å². The lowest BCUT2D eigenvalue weighted by Crippen LogP contribution is -2.45. The Balaban J connectivity index is 1.39. The van der Waals surface area contributed by atoms with Gasteiger partial charge in [-0.05, 0) is 53.7 Å². The predicted molar refractivity (Wildman–Crippen MR) is 98.3 cm³/mol. The molecule has 1 aliphatic heterocycles. The molecule has 0 saturated heterocycles. The van der Waals surface area contributed by atoms with Crippen LogP contribution in [0.3, 0.4) is 0 Å². The second-order valence-electron chi connectivity index (χ2n) is 6.19. The zero-order chi connectivity index (χ0) is 19.5. The molecule has 0 fully saturated rings. The Hall–Kier alpha value is -3.75. The molecule has 0 saturated carbocycles. The lowest BCUT2D eigenvalue weighted by Gasteiger charge is -2.32. The van der Waals surface area contributed by atoms with Crippen LogP contribution in [0.1, 0.15) is 13.3 Å². The minimum Gasteiger partial charge on any atom is -0.479 e.